The molecule has 6 heteroatoms. The maximum absolute atomic E-state index is 13.6. The van der Waals surface area contributed by atoms with Crippen molar-refractivity contribution in [1.82, 2.24) is 10.2 Å². The molecule has 1 N–H and O–H groups in total. The number of benzene rings is 2. The fourth-order valence-electron chi connectivity index (χ4n) is 3.87. The molecule has 2 saturated heterocycles. The van der Waals surface area contributed by atoms with Crippen LogP contribution in [0.4, 0.5) is 4.39 Å². The Labute approximate surface area is 172 Å². The lowest BCUT2D eigenvalue weighted by molar-refractivity contribution is 0.0679. The first kappa shape index (κ1) is 21.1. The molecular formula is C22H28ClFN2O2. The smallest absolute Gasteiger partial charge is 0.123 e. The van der Waals surface area contributed by atoms with Gasteiger partial charge in [-0.2, -0.15) is 0 Å². The van der Waals surface area contributed by atoms with Crippen LogP contribution in [-0.4, -0.2) is 43.9 Å². The van der Waals surface area contributed by atoms with Crippen LogP contribution >= 0.6 is 12.4 Å². The molecule has 0 spiro atoms. The monoisotopic (exact) mass is 406 g/mol. The molecule has 0 aromatic heterocycles. The summed E-state index contributed by atoms with van der Waals surface area (Å²) >= 11 is 0. The Hall–Kier alpha value is -1.66. The van der Waals surface area contributed by atoms with E-state index in [4.69, 9.17) is 9.47 Å². The van der Waals surface area contributed by atoms with Crippen molar-refractivity contribution in [3.05, 3.63) is 65.5 Å². The van der Waals surface area contributed by atoms with Crippen LogP contribution in [0.1, 0.15) is 30.0 Å². The van der Waals surface area contributed by atoms with Gasteiger partial charge in [0.15, 0.2) is 0 Å². The molecule has 4 rings (SSSR count). The van der Waals surface area contributed by atoms with Crippen molar-refractivity contribution in [2.24, 2.45) is 0 Å². The van der Waals surface area contributed by atoms with Gasteiger partial charge in [-0.3, -0.25) is 4.90 Å². The highest BCUT2D eigenvalue weighted by Crippen LogP contribution is 2.25. The number of hydrogen-bond donors (Lipinski definition) is 1. The van der Waals surface area contributed by atoms with Gasteiger partial charge in [0.1, 0.15) is 18.2 Å². The molecule has 152 valence electrons. The number of nitrogens with zero attached hydrogens (tertiary/aromatic N) is 1. The van der Waals surface area contributed by atoms with Crippen LogP contribution in [0.3, 0.4) is 0 Å². The van der Waals surface area contributed by atoms with Crippen molar-refractivity contribution in [3.8, 4) is 5.75 Å². The number of nitrogens with one attached hydrogen (secondary N) is 1. The fraction of sp³-hybridized carbons (Fsp3) is 0.455. The Morgan fingerprint density at radius 1 is 1.18 bits per heavy atom. The van der Waals surface area contributed by atoms with Crippen molar-refractivity contribution in [2.75, 3.05) is 32.8 Å². The fourth-order valence-corrected chi connectivity index (χ4v) is 3.87. The van der Waals surface area contributed by atoms with Gasteiger partial charge in [-0.1, -0.05) is 24.3 Å². The molecule has 0 saturated carbocycles. The maximum Gasteiger partial charge on any atom is 0.123 e. The van der Waals surface area contributed by atoms with Gasteiger partial charge >= 0.3 is 0 Å². The Morgan fingerprint density at radius 2 is 2.04 bits per heavy atom. The molecule has 2 aliphatic rings. The maximum atomic E-state index is 13.6. The lowest BCUT2D eigenvalue weighted by Crippen LogP contribution is -2.45. The molecule has 2 aliphatic heterocycles. The van der Waals surface area contributed by atoms with E-state index in [1.54, 1.807) is 12.1 Å². The van der Waals surface area contributed by atoms with E-state index in [1.807, 2.05) is 18.2 Å². The minimum absolute atomic E-state index is 0. The highest BCUT2D eigenvalue weighted by atomic mass is 35.5. The molecule has 2 aromatic carbocycles. The van der Waals surface area contributed by atoms with Gasteiger partial charge in [0, 0.05) is 38.8 Å². The van der Waals surface area contributed by atoms with Crippen LogP contribution in [0.2, 0.25) is 0 Å². The molecule has 2 atom stereocenters. The van der Waals surface area contributed by atoms with E-state index in [-0.39, 0.29) is 30.4 Å². The second kappa shape index (κ2) is 10.2. The van der Waals surface area contributed by atoms with E-state index in [1.165, 1.54) is 11.6 Å². The molecule has 0 bridgehead atoms. The standard InChI is InChI=1S/C22H27FN2O2.ClH/c23-19-4-1-3-18(13-19)22-14-24-10-11-25(22)15-17-6-8-20(9-7-17)27-16-21-5-2-12-26-21;/h1,3-4,6-9,13,21-22,24H,2,5,10-12,14-16H2;1H. The van der Waals surface area contributed by atoms with Crippen molar-refractivity contribution in [1.29, 1.82) is 0 Å². The van der Waals surface area contributed by atoms with Gasteiger partial charge < -0.3 is 14.8 Å². The van der Waals surface area contributed by atoms with E-state index in [0.29, 0.717) is 6.61 Å². The summed E-state index contributed by atoms with van der Waals surface area (Å²) < 4.78 is 25.1. The Bertz CT molecular complexity index is 738. The summed E-state index contributed by atoms with van der Waals surface area (Å²) in [6.45, 7) is 5.05. The van der Waals surface area contributed by atoms with Gasteiger partial charge in [0.2, 0.25) is 0 Å². The van der Waals surface area contributed by atoms with Crippen molar-refractivity contribution in [3.63, 3.8) is 0 Å². The summed E-state index contributed by atoms with van der Waals surface area (Å²) in [6, 6.07) is 15.4. The Balaban J connectivity index is 0.00000225. The van der Waals surface area contributed by atoms with Gasteiger partial charge in [0.25, 0.3) is 0 Å². The Morgan fingerprint density at radius 3 is 2.79 bits per heavy atom. The van der Waals surface area contributed by atoms with Crippen LogP contribution in [0, 0.1) is 5.82 Å². The zero-order valence-electron chi connectivity index (χ0n) is 16.0. The molecule has 0 amide bonds. The summed E-state index contributed by atoms with van der Waals surface area (Å²) in [5.41, 5.74) is 2.27. The molecule has 2 aromatic rings. The first-order valence-corrected chi connectivity index (χ1v) is 9.81. The van der Waals surface area contributed by atoms with Crippen LogP contribution in [0.5, 0.6) is 5.75 Å². The number of ether oxygens (including phenoxy) is 2. The third-order valence-electron chi connectivity index (χ3n) is 5.36. The quantitative estimate of drug-likeness (QED) is 0.787. The molecule has 2 fully saturated rings. The van der Waals surface area contributed by atoms with Crippen LogP contribution in [0.25, 0.3) is 0 Å². The summed E-state index contributed by atoms with van der Waals surface area (Å²) in [5.74, 6) is 0.710. The SMILES string of the molecule is Cl.Fc1cccc(C2CNCCN2Cc2ccc(OCC3CCCO3)cc2)c1. The first-order chi connectivity index (χ1) is 13.3. The minimum atomic E-state index is -0.175. The predicted octanol–water partition coefficient (Wildman–Crippen LogP) is 3.95. The summed E-state index contributed by atoms with van der Waals surface area (Å²) in [4.78, 5) is 2.41. The lowest BCUT2D eigenvalue weighted by Gasteiger charge is -2.36. The van der Waals surface area contributed by atoms with Crippen LogP contribution < -0.4 is 10.1 Å². The van der Waals surface area contributed by atoms with E-state index in [9.17, 15) is 4.39 Å². The van der Waals surface area contributed by atoms with Crippen molar-refractivity contribution in [2.45, 2.75) is 31.5 Å². The molecular weight excluding hydrogens is 379 g/mol. The second-order valence-electron chi connectivity index (χ2n) is 7.34. The van der Waals surface area contributed by atoms with Gasteiger partial charge in [-0.15, -0.1) is 12.4 Å². The highest BCUT2D eigenvalue weighted by molar-refractivity contribution is 5.85. The topological polar surface area (TPSA) is 33.7 Å². The normalized spacial score (nSPS) is 22.6. The number of halogens is 2. The Kier molecular flexibility index (Phi) is 7.68. The van der Waals surface area contributed by atoms with E-state index in [0.717, 1.165) is 56.9 Å². The van der Waals surface area contributed by atoms with Crippen molar-refractivity contribution < 1.29 is 13.9 Å². The molecule has 2 heterocycles. The van der Waals surface area contributed by atoms with E-state index in [2.05, 4.69) is 22.3 Å². The van der Waals surface area contributed by atoms with E-state index >= 15 is 0 Å². The second-order valence-corrected chi connectivity index (χ2v) is 7.34. The summed E-state index contributed by atoms with van der Waals surface area (Å²) in [6.07, 6.45) is 2.45. The summed E-state index contributed by atoms with van der Waals surface area (Å²) in [7, 11) is 0. The van der Waals surface area contributed by atoms with Crippen LogP contribution in [0.15, 0.2) is 48.5 Å². The molecule has 2 unspecified atom stereocenters. The highest BCUT2D eigenvalue weighted by Gasteiger charge is 2.24. The van der Waals surface area contributed by atoms with Gasteiger partial charge in [-0.05, 0) is 48.2 Å². The first-order valence-electron chi connectivity index (χ1n) is 9.81. The lowest BCUT2D eigenvalue weighted by atomic mass is 10.0. The predicted molar refractivity (Wildman–Crippen MR) is 111 cm³/mol. The largest absolute Gasteiger partial charge is 0.491 e. The van der Waals surface area contributed by atoms with Gasteiger partial charge in [0.05, 0.1) is 6.10 Å². The number of piperazine rings is 1. The molecule has 28 heavy (non-hydrogen) atoms. The molecule has 4 nitrogen and oxygen atoms in total. The molecule has 0 aliphatic carbocycles. The zero-order chi connectivity index (χ0) is 18.5. The molecule has 0 radical (unpaired) electrons. The van der Waals surface area contributed by atoms with Crippen molar-refractivity contribution >= 4 is 12.4 Å². The third kappa shape index (κ3) is 5.45. The van der Waals surface area contributed by atoms with Crippen LogP contribution in [-0.2, 0) is 11.3 Å². The average molecular weight is 407 g/mol. The number of rotatable bonds is 6. The van der Waals surface area contributed by atoms with Gasteiger partial charge in [-0.25, -0.2) is 4.39 Å². The minimum Gasteiger partial charge on any atom is -0.491 e. The average Bonchev–Trinajstić information content (AvgIpc) is 3.22. The number of hydrogen-bond acceptors (Lipinski definition) is 4. The van der Waals surface area contributed by atoms with E-state index < -0.39 is 0 Å². The summed E-state index contributed by atoms with van der Waals surface area (Å²) in [5, 5.41) is 3.43. The zero-order valence-corrected chi connectivity index (χ0v) is 16.8. The third-order valence-corrected chi connectivity index (χ3v) is 5.36.